The first-order valence-corrected chi connectivity index (χ1v) is 7.82. The Morgan fingerprint density at radius 2 is 2.09 bits per heavy atom. The highest BCUT2D eigenvalue weighted by Gasteiger charge is 2.33. The summed E-state index contributed by atoms with van der Waals surface area (Å²) in [6.45, 7) is 4.69. The molecule has 22 heavy (non-hydrogen) atoms. The number of hydrogen-bond acceptors (Lipinski definition) is 3. The van der Waals surface area contributed by atoms with Gasteiger partial charge in [-0.1, -0.05) is 6.08 Å². The predicted octanol–water partition coefficient (Wildman–Crippen LogP) is 2.84. The largest absolute Gasteiger partial charge is 0.497 e. The number of carbonyl (C=O) groups is 1. The molecule has 0 aliphatic heterocycles. The molecule has 1 aliphatic rings. The van der Waals surface area contributed by atoms with Gasteiger partial charge in [0.1, 0.15) is 5.75 Å². The van der Waals surface area contributed by atoms with Crippen LogP contribution in [-0.2, 0) is 4.79 Å². The second-order valence-electron chi connectivity index (χ2n) is 6.16. The summed E-state index contributed by atoms with van der Waals surface area (Å²) in [4.78, 5) is 14.0. The third kappa shape index (κ3) is 3.81. The third-order valence-corrected chi connectivity index (χ3v) is 4.75. The van der Waals surface area contributed by atoms with E-state index in [1.54, 1.807) is 7.11 Å². The van der Waals surface area contributed by atoms with Crippen LogP contribution in [0.4, 0.5) is 5.69 Å². The molecular weight excluding hydrogens is 276 g/mol. The van der Waals surface area contributed by atoms with E-state index in [0.717, 1.165) is 37.2 Å². The van der Waals surface area contributed by atoms with Crippen molar-refractivity contribution in [3.63, 3.8) is 0 Å². The number of nitrogens with zero attached hydrogens (tertiary/aromatic N) is 1. The van der Waals surface area contributed by atoms with E-state index >= 15 is 0 Å². The van der Waals surface area contributed by atoms with Gasteiger partial charge >= 0.3 is 0 Å². The zero-order chi connectivity index (χ0) is 16.1. The molecule has 0 bridgehead atoms. The second kappa shape index (κ2) is 7.34. The summed E-state index contributed by atoms with van der Waals surface area (Å²) >= 11 is 0. The van der Waals surface area contributed by atoms with E-state index in [4.69, 9.17) is 10.5 Å². The van der Waals surface area contributed by atoms with E-state index in [1.165, 1.54) is 0 Å². The Balaban J connectivity index is 2.03. The Labute approximate surface area is 132 Å². The number of anilines is 1. The van der Waals surface area contributed by atoms with Crippen LogP contribution in [0.5, 0.6) is 5.75 Å². The first kappa shape index (κ1) is 16.4. The lowest BCUT2D eigenvalue weighted by Gasteiger charge is -2.36. The van der Waals surface area contributed by atoms with Gasteiger partial charge in [-0.2, -0.15) is 0 Å². The number of amides is 1. The summed E-state index contributed by atoms with van der Waals surface area (Å²) < 4.78 is 5.18. The Kier molecular flexibility index (Phi) is 5.47. The molecule has 1 saturated carbocycles. The first-order chi connectivity index (χ1) is 10.5. The van der Waals surface area contributed by atoms with E-state index < -0.39 is 0 Å². The van der Waals surface area contributed by atoms with Crippen LogP contribution in [0.2, 0.25) is 0 Å². The second-order valence-corrected chi connectivity index (χ2v) is 6.16. The van der Waals surface area contributed by atoms with Gasteiger partial charge in [0.25, 0.3) is 0 Å². The van der Waals surface area contributed by atoms with Crippen LogP contribution in [0.3, 0.4) is 0 Å². The maximum absolute atomic E-state index is 11.8. The lowest BCUT2D eigenvalue weighted by molar-refractivity contribution is -0.124. The fourth-order valence-electron chi connectivity index (χ4n) is 3.34. The van der Waals surface area contributed by atoms with Gasteiger partial charge in [-0.15, -0.1) is 6.58 Å². The van der Waals surface area contributed by atoms with Crippen molar-refractivity contribution in [2.24, 2.45) is 23.5 Å². The highest BCUT2D eigenvalue weighted by molar-refractivity contribution is 5.77. The molecule has 3 atom stereocenters. The SMILES string of the molecule is C=CC1CCC(CN(C)c2ccc(OC)cc2)C(C(N)=O)C1. The molecular formula is C18H26N2O2. The number of carbonyl (C=O) groups excluding carboxylic acids is 1. The number of allylic oxidation sites excluding steroid dienone is 1. The van der Waals surface area contributed by atoms with Crippen LogP contribution in [0.15, 0.2) is 36.9 Å². The van der Waals surface area contributed by atoms with Crippen LogP contribution in [0.1, 0.15) is 19.3 Å². The molecule has 0 radical (unpaired) electrons. The van der Waals surface area contributed by atoms with Crippen molar-refractivity contribution in [1.82, 2.24) is 0 Å². The molecule has 0 saturated heterocycles. The van der Waals surface area contributed by atoms with E-state index in [-0.39, 0.29) is 11.8 Å². The van der Waals surface area contributed by atoms with Crippen molar-refractivity contribution in [3.05, 3.63) is 36.9 Å². The summed E-state index contributed by atoms with van der Waals surface area (Å²) in [6, 6.07) is 7.97. The van der Waals surface area contributed by atoms with Gasteiger partial charge < -0.3 is 15.4 Å². The molecule has 3 unspecified atom stereocenters. The van der Waals surface area contributed by atoms with Crippen LogP contribution >= 0.6 is 0 Å². The lowest BCUT2D eigenvalue weighted by atomic mass is 9.73. The van der Waals surface area contributed by atoms with E-state index in [2.05, 4.69) is 18.5 Å². The van der Waals surface area contributed by atoms with Gasteiger partial charge in [0.2, 0.25) is 5.91 Å². The molecule has 1 aliphatic carbocycles. The van der Waals surface area contributed by atoms with Crippen molar-refractivity contribution in [1.29, 1.82) is 0 Å². The van der Waals surface area contributed by atoms with E-state index in [0.29, 0.717) is 11.8 Å². The van der Waals surface area contributed by atoms with Crippen molar-refractivity contribution in [3.8, 4) is 5.75 Å². The Hall–Kier alpha value is -1.97. The summed E-state index contributed by atoms with van der Waals surface area (Å²) in [5.41, 5.74) is 6.74. The number of methoxy groups -OCH3 is 1. The molecule has 4 heteroatoms. The molecule has 2 rings (SSSR count). The lowest BCUT2D eigenvalue weighted by Crippen LogP contribution is -2.40. The number of rotatable bonds is 6. The van der Waals surface area contributed by atoms with Crippen molar-refractivity contribution < 1.29 is 9.53 Å². The predicted molar refractivity (Wildman–Crippen MR) is 90.0 cm³/mol. The molecule has 1 fully saturated rings. The minimum atomic E-state index is -0.181. The molecule has 0 aromatic heterocycles. The van der Waals surface area contributed by atoms with Crippen LogP contribution in [0, 0.1) is 17.8 Å². The number of hydrogen-bond donors (Lipinski definition) is 1. The molecule has 4 nitrogen and oxygen atoms in total. The third-order valence-electron chi connectivity index (χ3n) is 4.75. The Morgan fingerprint density at radius 3 is 2.64 bits per heavy atom. The molecule has 2 N–H and O–H groups in total. The van der Waals surface area contributed by atoms with Crippen molar-refractivity contribution in [2.75, 3.05) is 25.6 Å². The summed E-state index contributed by atoms with van der Waals surface area (Å²) in [5.74, 6) is 1.33. The fourth-order valence-corrected chi connectivity index (χ4v) is 3.34. The van der Waals surface area contributed by atoms with Gasteiger partial charge in [-0.25, -0.2) is 0 Å². The molecule has 1 aromatic carbocycles. The minimum absolute atomic E-state index is 0.0579. The monoisotopic (exact) mass is 302 g/mol. The van der Waals surface area contributed by atoms with Gasteiger partial charge in [0, 0.05) is 25.2 Å². The first-order valence-electron chi connectivity index (χ1n) is 7.82. The van der Waals surface area contributed by atoms with Crippen LogP contribution in [-0.4, -0.2) is 26.6 Å². The standard InChI is InChI=1S/C18H26N2O2/c1-4-13-5-6-14(17(11-13)18(19)21)12-20(2)15-7-9-16(22-3)10-8-15/h4,7-10,13-14,17H,1,5-6,11-12H2,2-3H3,(H2,19,21). The van der Waals surface area contributed by atoms with Gasteiger partial charge in [0.05, 0.1) is 7.11 Å². The maximum atomic E-state index is 11.8. The Morgan fingerprint density at radius 1 is 1.41 bits per heavy atom. The molecule has 1 aromatic rings. The van der Waals surface area contributed by atoms with Crippen LogP contribution in [0.25, 0.3) is 0 Å². The smallest absolute Gasteiger partial charge is 0.220 e. The summed E-state index contributed by atoms with van der Waals surface area (Å²) in [6.07, 6.45) is 4.90. The Bertz CT molecular complexity index is 512. The van der Waals surface area contributed by atoms with Crippen molar-refractivity contribution >= 4 is 11.6 Å². The summed E-state index contributed by atoms with van der Waals surface area (Å²) in [7, 11) is 3.72. The molecule has 0 spiro atoms. The summed E-state index contributed by atoms with van der Waals surface area (Å²) in [5, 5.41) is 0. The number of ether oxygens (including phenoxy) is 1. The highest BCUT2D eigenvalue weighted by atomic mass is 16.5. The highest BCUT2D eigenvalue weighted by Crippen LogP contribution is 2.35. The fraction of sp³-hybridized carbons (Fsp3) is 0.500. The van der Waals surface area contributed by atoms with Crippen LogP contribution < -0.4 is 15.4 Å². The zero-order valence-electron chi connectivity index (χ0n) is 13.5. The zero-order valence-corrected chi connectivity index (χ0v) is 13.5. The van der Waals surface area contributed by atoms with E-state index in [9.17, 15) is 4.79 Å². The number of nitrogens with two attached hydrogens (primary N) is 1. The average Bonchev–Trinajstić information content (AvgIpc) is 2.55. The average molecular weight is 302 g/mol. The quantitative estimate of drug-likeness (QED) is 0.822. The van der Waals surface area contributed by atoms with Gasteiger partial charge in [0.15, 0.2) is 0 Å². The maximum Gasteiger partial charge on any atom is 0.220 e. The minimum Gasteiger partial charge on any atom is -0.497 e. The molecule has 1 amide bonds. The molecule has 0 heterocycles. The normalized spacial score (nSPS) is 24.5. The topological polar surface area (TPSA) is 55.6 Å². The number of primary amides is 1. The number of benzene rings is 1. The van der Waals surface area contributed by atoms with E-state index in [1.807, 2.05) is 30.3 Å². The molecule has 120 valence electrons. The van der Waals surface area contributed by atoms with Gasteiger partial charge in [-0.3, -0.25) is 4.79 Å². The van der Waals surface area contributed by atoms with Crippen molar-refractivity contribution in [2.45, 2.75) is 19.3 Å². The van der Waals surface area contributed by atoms with Gasteiger partial charge in [-0.05, 0) is 55.4 Å².